The zero-order chi connectivity index (χ0) is 12.0. The third kappa shape index (κ3) is 3.73. The molecule has 0 heterocycles. The third-order valence-corrected chi connectivity index (χ3v) is 2.03. The number of carbonyl (C=O) groups is 1. The third-order valence-electron chi connectivity index (χ3n) is 2.03. The first kappa shape index (κ1) is 12.2. The lowest BCUT2D eigenvalue weighted by Gasteiger charge is -2.01. The van der Waals surface area contributed by atoms with Gasteiger partial charge in [-0.25, -0.2) is 5.43 Å². The van der Waals surface area contributed by atoms with Gasteiger partial charge in [-0.15, -0.1) is 0 Å². The molecule has 0 fully saturated rings. The van der Waals surface area contributed by atoms with Crippen LogP contribution in [0.15, 0.2) is 29.4 Å². The van der Waals surface area contributed by atoms with Crippen molar-refractivity contribution in [2.45, 2.75) is 13.8 Å². The first-order valence-electron chi connectivity index (χ1n) is 5.10. The van der Waals surface area contributed by atoms with Gasteiger partial charge in [0.1, 0.15) is 5.75 Å². The van der Waals surface area contributed by atoms with Gasteiger partial charge in [0.2, 0.25) is 5.91 Å². The van der Waals surface area contributed by atoms with Crippen LogP contribution < -0.4 is 10.2 Å². The molecule has 0 spiro atoms. The standard InChI is InChI=1S/C12H16N2O2/c1-9(2)12(15)14-13-8-10-4-6-11(16-3)7-5-10/h4-9H,1-3H3,(H,14,15)/b13-8-. The number of nitrogens with one attached hydrogen (secondary N) is 1. The van der Waals surface area contributed by atoms with Crippen LogP contribution in [0, 0.1) is 5.92 Å². The Morgan fingerprint density at radius 2 is 2.00 bits per heavy atom. The average molecular weight is 220 g/mol. The molecule has 1 amide bonds. The molecule has 0 saturated heterocycles. The van der Waals surface area contributed by atoms with Gasteiger partial charge in [0, 0.05) is 5.92 Å². The molecule has 0 aliphatic rings. The summed E-state index contributed by atoms with van der Waals surface area (Å²) in [7, 11) is 1.62. The second-order valence-corrected chi connectivity index (χ2v) is 3.66. The van der Waals surface area contributed by atoms with Gasteiger partial charge in [0.05, 0.1) is 13.3 Å². The Labute approximate surface area is 95.3 Å². The molecule has 4 nitrogen and oxygen atoms in total. The zero-order valence-corrected chi connectivity index (χ0v) is 9.73. The lowest BCUT2D eigenvalue weighted by molar-refractivity contribution is -0.123. The van der Waals surface area contributed by atoms with Gasteiger partial charge in [-0.3, -0.25) is 4.79 Å². The normalized spacial score (nSPS) is 10.8. The molecule has 0 radical (unpaired) electrons. The number of hydrogen-bond donors (Lipinski definition) is 1. The summed E-state index contributed by atoms with van der Waals surface area (Å²) in [5.74, 6) is 0.640. The first-order chi connectivity index (χ1) is 7.63. The Kier molecular flexibility index (Phi) is 4.51. The topological polar surface area (TPSA) is 50.7 Å². The van der Waals surface area contributed by atoms with Gasteiger partial charge in [-0.05, 0) is 29.8 Å². The number of amides is 1. The highest BCUT2D eigenvalue weighted by molar-refractivity contribution is 5.83. The number of rotatable bonds is 4. The maximum atomic E-state index is 11.2. The van der Waals surface area contributed by atoms with Crippen molar-refractivity contribution in [1.82, 2.24) is 5.43 Å². The maximum absolute atomic E-state index is 11.2. The summed E-state index contributed by atoms with van der Waals surface area (Å²) >= 11 is 0. The second kappa shape index (κ2) is 5.90. The average Bonchev–Trinajstić information content (AvgIpc) is 2.29. The van der Waals surface area contributed by atoms with Crippen LogP contribution in [0.2, 0.25) is 0 Å². The SMILES string of the molecule is COc1ccc(/C=N\NC(=O)C(C)C)cc1. The highest BCUT2D eigenvalue weighted by atomic mass is 16.5. The predicted molar refractivity (Wildman–Crippen MR) is 63.6 cm³/mol. The molecule has 1 rings (SSSR count). The number of benzene rings is 1. The zero-order valence-electron chi connectivity index (χ0n) is 9.73. The number of carbonyl (C=O) groups excluding carboxylic acids is 1. The summed E-state index contributed by atoms with van der Waals surface area (Å²) in [6, 6.07) is 7.41. The smallest absolute Gasteiger partial charge is 0.242 e. The van der Waals surface area contributed by atoms with Gasteiger partial charge in [0.25, 0.3) is 0 Å². The predicted octanol–water partition coefficient (Wildman–Crippen LogP) is 1.80. The molecule has 0 unspecified atom stereocenters. The van der Waals surface area contributed by atoms with E-state index >= 15 is 0 Å². The molecule has 4 heteroatoms. The molecule has 0 saturated carbocycles. The van der Waals surface area contributed by atoms with Gasteiger partial charge < -0.3 is 4.74 Å². The largest absolute Gasteiger partial charge is 0.497 e. The van der Waals surface area contributed by atoms with Crippen LogP contribution in [0.4, 0.5) is 0 Å². The van der Waals surface area contributed by atoms with Crippen LogP contribution >= 0.6 is 0 Å². The fourth-order valence-electron chi connectivity index (χ4n) is 0.990. The summed E-state index contributed by atoms with van der Waals surface area (Å²) in [6.45, 7) is 3.64. The molecular weight excluding hydrogens is 204 g/mol. The maximum Gasteiger partial charge on any atom is 0.242 e. The number of hydrazone groups is 1. The van der Waals surface area contributed by atoms with Crippen molar-refractivity contribution in [1.29, 1.82) is 0 Å². The Morgan fingerprint density at radius 1 is 1.38 bits per heavy atom. The van der Waals surface area contributed by atoms with E-state index in [1.807, 2.05) is 38.1 Å². The van der Waals surface area contributed by atoms with Crippen LogP contribution in [0.1, 0.15) is 19.4 Å². The minimum atomic E-state index is -0.0928. The molecule has 1 aromatic carbocycles. The number of hydrogen-bond acceptors (Lipinski definition) is 3. The minimum Gasteiger partial charge on any atom is -0.497 e. The van der Waals surface area contributed by atoms with Crippen LogP contribution in [-0.2, 0) is 4.79 Å². The fraction of sp³-hybridized carbons (Fsp3) is 0.333. The van der Waals surface area contributed by atoms with E-state index in [9.17, 15) is 4.79 Å². The molecule has 0 aromatic heterocycles. The highest BCUT2D eigenvalue weighted by Gasteiger charge is 2.03. The van der Waals surface area contributed by atoms with Crippen LogP contribution in [0.25, 0.3) is 0 Å². The van der Waals surface area contributed by atoms with E-state index in [-0.39, 0.29) is 11.8 Å². The summed E-state index contributed by atoms with van der Waals surface area (Å²) in [5, 5.41) is 3.85. The molecule has 0 aliphatic carbocycles. The van der Waals surface area contributed by atoms with Gasteiger partial charge >= 0.3 is 0 Å². The van der Waals surface area contributed by atoms with Crippen LogP contribution in [0.5, 0.6) is 5.75 Å². The molecule has 16 heavy (non-hydrogen) atoms. The van der Waals surface area contributed by atoms with Crippen molar-refractivity contribution in [2.24, 2.45) is 11.0 Å². The van der Waals surface area contributed by atoms with Crippen molar-refractivity contribution < 1.29 is 9.53 Å². The van der Waals surface area contributed by atoms with E-state index in [2.05, 4.69) is 10.5 Å². The Bertz CT molecular complexity index is 369. The van der Waals surface area contributed by atoms with Crippen LogP contribution in [-0.4, -0.2) is 19.2 Å². The minimum absolute atomic E-state index is 0.0620. The monoisotopic (exact) mass is 220 g/mol. The molecule has 1 N–H and O–H groups in total. The molecular formula is C12H16N2O2. The highest BCUT2D eigenvalue weighted by Crippen LogP contribution is 2.09. The molecule has 0 atom stereocenters. The summed E-state index contributed by atoms with van der Waals surface area (Å²) in [5.41, 5.74) is 3.37. The summed E-state index contributed by atoms with van der Waals surface area (Å²) in [4.78, 5) is 11.2. The van der Waals surface area contributed by atoms with Crippen molar-refractivity contribution in [3.05, 3.63) is 29.8 Å². The van der Waals surface area contributed by atoms with E-state index in [0.29, 0.717) is 0 Å². The summed E-state index contributed by atoms with van der Waals surface area (Å²) in [6.07, 6.45) is 1.60. The van der Waals surface area contributed by atoms with Gasteiger partial charge in [-0.1, -0.05) is 13.8 Å². The van der Waals surface area contributed by atoms with Crippen molar-refractivity contribution in [3.8, 4) is 5.75 Å². The number of nitrogens with zero attached hydrogens (tertiary/aromatic N) is 1. The molecule has 0 bridgehead atoms. The van der Waals surface area contributed by atoms with Gasteiger partial charge in [0.15, 0.2) is 0 Å². The lowest BCUT2D eigenvalue weighted by atomic mass is 10.2. The lowest BCUT2D eigenvalue weighted by Crippen LogP contribution is -2.22. The fourth-order valence-corrected chi connectivity index (χ4v) is 0.990. The summed E-state index contributed by atoms with van der Waals surface area (Å²) < 4.78 is 5.03. The Balaban J connectivity index is 2.53. The first-order valence-corrected chi connectivity index (χ1v) is 5.10. The Morgan fingerprint density at radius 3 is 2.50 bits per heavy atom. The van der Waals surface area contributed by atoms with Crippen molar-refractivity contribution >= 4 is 12.1 Å². The molecule has 1 aromatic rings. The molecule has 0 aliphatic heterocycles. The Hall–Kier alpha value is -1.84. The quantitative estimate of drug-likeness (QED) is 0.621. The van der Waals surface area contributed by atoms with Gasteiger partial charge in [-0.2, -0.15) is 5.10 Å². The number of methoxy groups -OCH3 is 1. The van der Waals surface area contributed by atoms with E-state index in [1.54, 1.807) is 13.3 Å². The second-order valence-electron chi connectivity index (χ2n) is 3.66. The van der Waals surface area contributed by atoms with E-state index in [1.165, 1.54) is 0 Å². The van der Waals surface area contributed by atoms with E-state index in [0.717, 1.165) is 11.3 Å². The van der Waals surface area contributed by atoms with Crippen LogP contribution in [0.3, 0.4) is 0 Å². The van der Waals surface area contributed by atoms with Crippen molar-refractivity contribution in [3.63, 3.8) is 0 Å². The number of ether oxygens (including phenoxy) is 1. The van der Waals surface area contributed by atoms with E-state index < -0.39 is 0 Å². The molecule has 86 valence electrons. The van der Waals surface area contributed by atoms with Crippen molar-refractivity contribution in [2.75, 3.05) is 7.11 Å². The van der Waals surface area contributed by atoms with E-state index in [4.69, 9.17) is 4.74 Å².